The number of carbonyl (C=O) groups excluding carboxylic acids is 1. The number of fused-ring (bicyclic) bond motifs is 1. The summed E-state index contributed by atoms with van der Waals surface area (Å²) in [5, 5.41) is 2.59. The van der Waals surface area contributed by atoms with Crippen molar-refractivity contribution in [2.45, 2.75) is 12.8 Å². The predicted molar refractivity (Wildman–Crippen MR) is 85.5 cm³/mol. The maximum Gasteiger partial charge on any atom is 0.225 e. The molecule has 2 aromatic carbocycles. The molecule has 108 valence electrons. The Morgan fingerprint density at radius 2 is 1.62 bits per heavy atom. The normalized spacial score (nSPS) is 19.0. The first-order valence-corrected chi connectivity index (χ1v) is 7.84. The van der Waals surface area contributed by atoms with Crippen LogP contribution in [0.15, 0.2) is 42.5 Å². The molecule has 0 N–H and O–H groups in total. The molecule has 0 unspecified atom stereocenters. The minimum absolute atomic E-state index is 0.342. The van der Waals surface area contributed by atoms with Crippen molar-refractivity contribution < 1.29 is 4.79 Å². The number of carbonyl (C=O) groups is 1. The van der Waals surface area contributed by atoms with E-state index >= 15 is 0 Å². The van der Waals surface area contributed by atoms with Gasteiger partial charge in [0.2, 0.25) is 5.91 Å². The highest BCUT2D eigenvalue weighted by molar-refractivity contribution is 5.94. The first-order chi connectivity index (χ1) is 10.3. The van der Waals surface area contributed by atoms with Crippen LogP contribution in [0.25, 0.3) is 10.8 Å². The number of nitrogens with zero attached hydrogens (tertiary/aromatic N) is 2. The summed E-state index contributed by atoms with van der Waals surface area (Å²) < 4.78 is 0. The van der Waals surface area contributed by atoms with E-state index in [1.807, 2.05) is 0 Å². The van der Waals surface area contributed by atoms with E-state index in [1.165, 1.54) is 16.5 Å². The van der Waals surface area contributed by atoms with Crippen LogP contribution in [0, 0.1) is 5.92 Å². The highest BCUT2D eigenvalue weighted by atomic mass is 16.2. The van der Waals surface area contributed by atoms with Crippen LogP contribution in [0.1, 0.15) is 12.8 Å². The van der Waals surface area contributed by atoms with Crippen molar-refractivity contribution in [3.05, 3.63) is 42.5 Å². The Bertz CT molecular complexity index is 664. The third-order valence-corrected chi connectivity index (χ3v) is 4.63. The molecule has 0 aromatic heterocycles. The van der Waals surface area contributed by atoms with Gasteiger partial charge in [0.1, 0.15) is 0 Å². The van der Waals surface area contributed by atoms with Gasteiger partial charge in [-0.3, -0.25) is 4.79 Å². The van der Waals surface area contributed by atoms with Crippen molar-refractivity contribution in [1.29, 1.82) is 0 Å². The summed E-state index contributed by atoms with van der Waals surface area (Å²) in [5.41, 5.74) is 1.30. The average molecular weight is 280 g/mol. The third kappa shape index (κ3) is 2.37. The molecule has 1 heterocycles. The van der Waals surface area contributed by atoms with Crippen molar-refractivity contribution in [2.24, 2.45) is 5.92 Å². The van der Waals surface area contributed by atoms with Crippen LogP contribution in [0.5, 0.6) is 0 Å². The zero-order valence-corrected chi connectivity index (χ0v) is 12.2. The third-order valence-electron chi connectivity index (χ3n) is 4.63. The summed E-state index contributed by atoms with van der Waals surface area (Å²) in [6.07, 6.45) is 2.20. The van der Waals surface area contributed by atoms with Gasteiger partial charge in [-0.15, -0.1) is 0 Å². The van der Waals surface area contributed by atoms with Crippen molar-refractivity contribution in [1.82, 2.24) is 4.90 Å². The lowest BCUT2D eigenvalue weighted by atomic mass is 10.1. The Kier molecular flexibility index (Phi) is 3.06. The SMILES string of the molecule is O=C(C1CC1)N1CCN(c2cccc3ccccc23)CC1. The Balaban J connectivity index is 1.53. The van der Waals surface area contributed by atoms with E-state index in [9.17, 15) is 4.79 Å². The smallest absolute Gasteiger partial charge is 0.225 e. The Labute approximate surface area is 125 Å². The number of piperazine rings is 1. The molecule has 1 saturated heterocycles. The van der Waals surface area contributed by atoms with Crippen molar-refractivity contribution in [3.8, 4) is 0 Å². The molecule has 1 aliphatic carbocycles. The van der Waals surface area contributed by atoms with Crippen LogP contribution in [0.3, 0.4) is 0 Å². The molecule has 2 fully saturated rings. The van der Waals surface area contributed by atoms with E-state index in [4.69, 9.17) is 0 Å². The van der Waals surface area contributed by atoms with E-state index in [2.05, 4.69) is 52.3 Å². The second kappa shape index (κ2) is 5.06. The molecular formula is C18H20N2O. The maximum absolute atomic E-state index is 12.1. The average Bonchev–Trinajstić information content (AvgIpc) is 3.39. The van der Waals surface area contributed by atoms with Crippen LogP contribution in [0.4, 0.5) is 5.69 Å². The van der Waals surface area contributed by atoms with E-state index in [0.717, 1.165) is 39.0 Å². The van der Waals surface area contributed by atoms with E-state index in [-0.39, 0.29) is 0 Å². The first kappa shape index (κ1) is 12.7. The topological polar surface area (TPSA) is 23.6 Å². The van der Waals surface area contributed by atoms with Crippen molar-refractivity contribution >= 4 is 22.4 Å². The van der Waals surface area contributed by atoms with Gasteiger partial charge in [0.25, 0.3) is 0 Å². The number of amides is 1. The summed E-state index contributed by atoms with van der Waals surface area (Å²) in [6.45, 7) is 3.59. The predicted octanol–water partition coefficient (Wildman–Crippen LogP) is 2.90. The molecule has 1 amide bonds. The Morgan fingerprint density at radius 3 is 2.38 bits per heavy atom. The fourth-order valence-electron chi connectivity index (χ4n) is 3.24. The molecule has 2 aliphatic rings. The molecule has 3 nitrogen and oxygen atoms in total. The summed E-state index contributed by atoms with van der Waals surface area (Å²) >= 11 is 0. The molecule has 0 bridgehead atoms. The lowest BCUT2D eigenvalue weighted by Crippen LogP contribution is -2.49. The van der Waals surface area contributed by atoms with Gasteiger partial charge in [-0.05, 0) is 24.3 Å². The van der Waals surface area contributed by atoms with Gasteiger partial charge in [0.05, 0.1) is 0 Å². The van der Waals surface area contributed by atoms with Gasteiger partial charge in [0.15, 0.2) is 0 Å². The molecule has 1 saturated carbocycles. The Morgan fingerprint density at radius 1 is 0.905 bits per heavy atom. The number of hydrogen-bond donors (Lipinski definition) is 0. The molecule has 0 atom stereocenters. The second-order valence-electron chi connectivity index (χ2n) is 6.08. The highest BCUT2D eigenvalue weighted by Crippen LogP contribution is 2.32. The summed E-state index contributed by atoms with van der Waals surface area (Å²) in [7, 11) is 0. The van der Waals surface area contributed by atoms with Crippen LogP contribution in [-0.2, 0) is 4.79 Å². The lowest BCUT2D eigenvalue weighted by molar-refractivity contribution is -0.132. The lowest BCUT2D eigenvalue weighted by Gasteiger charge is -2.36. The number of anilines is 1. The number of benzene rings is 2. The highest BCUT2D eigenvalue weighted by Gasteiger charge is 2.34. The molecule has 0 spiro atoms. The summed E-state index contributed by atoms with van der Waals surface area (Å²) in [4.78, 5) is 16.6. The van der Waals surface area contributed by atoms with Gasteiger partial charge in [0, 0.05) is 43.2 Å². The van der Waals surface area contributed by atoms with E-state index in [1.54, 1.807) is 0 Å². The van der Waals surface area contributed by atoms with Crippen LogP contribution in [0.2, 0.25) is 0 Å². The fourth-order valence-corrected chi connectivity index (χ4v) is 3.24. The second-order valence-corrected chi connectivity index (χ2v) is 6.08. The van der Waals surface area contributed by atoms with Gasteiger partial charge >= 0.3 is 0 Å². The standard InChI is InChI=1S/C18H20N2O/c21-18(15-8-9-15)20-12-10-19(11-13-20)17-7-3-5-14-4-1-2-6-16(14)17/h1-7,15H,8-13H2. The van der Waals surface area contributed by atoms with E-state index in [0.29, 0.717) is 11.8 Å². The largest absolute Gasteiger partial charge is 0.367 e. The van der Waals surface area contributed by atoms with Crippen LogP contribution < -0.4 is 4.90 Å². The fraction of sp³-hybridized carbons (Fsp3) is 0.389. The number of hydrogen-bond acceptors (Lipinski definition) is 2. The summed E-state index contributed by atoms with van der Waals surface area (Å²) in [6, 6.07) is 15.0. The number of rotatable bonds is 2. The summed E-state index contributed by atoms with van der Waals surface area (Å²) in [5.74, 6) is 0.724. The van der Waals surface area contributed by atoms with E-state index < -0.39 is 0 Å². The molecule has 1 aliphatic heterocycles. The zero-order chi connectivity index (χ0) is 14.2. The zero-order valence-electron chi connectivity index (χ0n) is 12.2. The molecule has 21 heavy (non-hydrogen) atoms. The van der Waals surface area contributed by atoms with Crippen LogP contribution in [-0.4, -0.2) is 37.0 Å². The molecule has 0 radical (unpaired) electrons. The van der Waals surface area contributed by atoms with Crippen molar-refractivity contribution in [3.63, 3.8) is 0 Å². The minimum atomic E-state index is 0.342. The van der Waals surface area contributed by atoms with Gasteiger partial charge in [-0.25, -0.2) is 0 Å². The first-order valence-electron chi connectivity index (χ1n) is 7.84. The maximum atomic E-state index is 12.1. The van der Waals surface area contributed by atoms with Crippen molar-refractivity contribution in [2.75, 3.05) is 31.1 Å². The monoisotopic (exact) mass is 280 g/mol. The molecule has 3 heteroatoms. The van der Waals surface area contributed by atoms with Gasteiger partial charge in [-0.2, -0.15) is 0 Å². The molecule has 4 rings (SSSR count). The molecule has 2 aromatic rings. The quantitative estimate of drug-likeness (QED) is 0.844. The van der Waals surface area contributed by atoms with Gasteiger partial charge in [-0.1, -0.05) is 36.4 Å². The Hall–Kier alpha value is -2.03. The minimum Gasteiger partial charge on any atom is -0.367 e. The molecular weight excluding hydrogens is 260 g/mol. The van der Waals surface area contributed by atoms with Crippen LogP contribution >= 0.6 is 0 Å². The van der Waals surface area contributed by atoms with Gasteiger partial charge < -0.3 is 9.80 Å².